The highest BCUT2D eigenvalue weighted by atomic mass is 19.4. The van der Waals surface area contributed by atoms with Gasteiger partial charge >= 0.3 is 12.1 Å². The van der Waals surface area contributed by atoms with Crippen LogP contribution in [0.3, 0.4) is 0 Å². The van der Waals surface area contributed by atoms with E-state index in [9.17, 15) is 22.8 Å². The van der Waals surface area contributed by atoms with E-state index in [0.29, 0.717) is 0 Å². The first-order valence-corrected chi connectivity index (χ1v) is 4.21. The number of alkyl halides is 3. The van der Waals surface area contributed by atoms with Crippen LogP contribution in [0.25, 0.3) is 0 Å². The highest BCUT2D eigenvalue weighted by molar-refractivity contribution is 5.87. The summed E-state index contributed by atoms with van der Waals surface area (Å²) in [4.78, 5) is 21.6. The third-order valence-corrected chi connectivity index (χ3v) is 1.68. The van der Waals surface area contributed by atoms with Crippen molar-refractivity contribution in [2.45, 2.75) is 25.1 Å². The number of hydrogen-bond donors (Lipinski definition) is 2. The fourth-order valence-corrected chi connectivity index (χ4v) is 0.974. The highest BCUT2D eigenvalue weighted by Crippen LogP contribution is 2.19. The largest absolute Gasteiger partial charge is 0.479 e. The van der Waals surface area contributed by atoms with Gasteiger partial charge in [0.25, 0.3) is 0 Å². The van der Waals surface area contributed by atoms with Crippen LogP contribution in [-0.2, 0) is 14.3 Å². The summed E-state index contributed by atoms with van der Waals surface area (Å²) in [5.74, 6) is -2.88. The molecule has 0 aliphatic rings. The average Bonchev–Trinajstić information content (AvgIpc) is 1.99. The molecular weight excluding hydrogens is 231 g/mol. The van der Waals surface area contributed by atoms with Crippen molar-refractivity contribution in [1.82, 2.24) is 5.32 Å². The summed E-state index contributed by atoms with van der Waals surface area (Å²) in [5.41, 5.74) is -1.86. The van der Waals surface area contributed by atoms with E-state index >= 15 is 0 Å². The number of hydrogen-bond acceptors (Lipinski definition) is 3. The lowest BCUT2D eigenvalue weighted by Gasteiger charge is -2.25. The number of carboxylic acids is 1. The van der Waals surface area contributed by atoms with E-state index in [2.05, 4.69) is 4.74 Å². The lowest BCUT2D eigenvalue weighted by molar-refractivity contribution is -0.160. The number of nitrogens with one attached hydrogen (secondary N) is 1. The third kappa shape index (κ3) is 4.96. The van der Waals surface area contributed by atoms with Crippen LogP contribution in [0.5, 0.6) is 0 Å². The average molecular weight is 243 g/mol. The molecule has 0 rings (SSSR count). The summed E-state index contributed by atoms with van der Waals surface area (Å²) < 4.78 is 40.0. The molecule has 0 aromatic heterocycles. The van der Waals surface area contributed by atoms with E-state index < -0.39 is 36.6 Å². The Morgan fingerprint density at radius 1 is 1.38 bits per heavy atom. The number of ether oxygens (including phenoxy) is 1. The van der Waals surface area contributed by atoms with Crippen LogP contribution in [0.1, 0.15) is 13.3 Å². The Kier molecular flexibility index (Phi) is 4.73. The lowest BCUT2D eigenvalue weighted by atomic mass is 10.0. The zero-order valence-electron chi connectivity index (χ0n) is 8.72. The molecule has 8 heteroatoms. The molecule has 5 nitrogen and oxygen atoms in total. The number of halogens is 3. The number of aliphatic carboxylic acids is 1. The molecule has 0 spiro atoms. The number of carboxylic acid groups (broad SMARTS) is 1. The summed E-state index contributed by atoms with van der Waals surface area (Å²) in [6.07, 6.45) is -6.39. The summed E-state index contributed by atoms with van der Waals surface area (Å²) in [6, 6.07) is 0. The van der Waals surface area contributed by atoms with Crippen LogP contribution in [0.2, 0.25) is 0 Å². The molecule has 2 N–H and O–H groups in total. The summed E-state index contributed by atoms with van der Waals surface area (Å²) >= 11 is 0. The fraction of sp³-hybridized carbons (Fsp3) is 0.750. The van der Waals surface area contributed by atoms with E-state index in [1.54, 1.807) is 5.32 Å². The molecule has 0 aliphatic carbocycles. The van der Waals surface area contributed by atoms with Gasteiger partial charge in [-0.3, -0.25) is 4.79 Å². The van der Waals surface area contributed by atoms with Crippen LogP contribution in [0.4, 0.5) is 13.2 Å². The normalized spacial score (nSPS) is 15.3. The molecule has 0 heterocycles. The van der Waals surface area contributed by atoms with Gasteiger partial charge in [0.15, 0.2) is 5.54 Å². The number of carbonyl (C=O) groups is 2. The minimum absolute atomic E-state index is 0.425. The van der Waals surface area contributed by atoms with Gasteiger partial charge in [0.1, 0.15) is 6.42 Å². The third-order valence-electron chi connectivity index (χ3n) is 1.68. The molecule has 0 aromatic carbocycles. The van der Waals surface area contributed by atoms with Crippen molar-refractivity contribution in [3.63, 3.8) is 0 Å². The van der Waals surface area contributed by atoms with E-state index in [-0.39, 0.29) is 0 Å². The molecule has 94 valence electrons. The number of methoxy groups -OCH3 is 1. The second kappa shape index (κ2) is 5.15. The van der Waals surface area contributed by atoms with Crippen molar-refractivity contribution >= 4 is 11.9 Å². The summed E-state index contributed by atoms with van der Waals surface area (Å²) in [5, 5.41) is 10.5. The van der Waals surface area contributed by atoms with E-state index in [0.717, 1.165) is 6.92 Å². The number of amides is 1. The van der Waals surface area contributed by atoms with Crippen LogP contribution in [0, 0.1) is 0 Å². The lowest BCUT2D eigenvalue weighted by Crippen LogP contribution is -2.55. The molecule has 0 aromatic rings. The van der Waals surface area contributed by atoms with Gasteiger partial charge in [-0.15, -0.1) is 0 Å². The van der Waals surface area contributed by atoms with Gasteiger partial charge in [-0.2, -0.15) is 13.2 Å². The zero-order chi connectivity index (χ0) is 13.0. The molecular formula is C8H12F3NO4. The minimum Gasteiger partial charge on any atom is -0.479 e. The molecule has 16 heavy (non-hydrogen) atoms. The van der Waals surface area contributed by atoms with Crippen molar-refractivity contribution in [3.8, 4) is 0 Å². The van der Waals surface area contributed by atoms with Crippen molar-refractivity contribution < 1.29 is 32.6 Å². The Balaban J connectivity index is 4.53. The molecule has 1 amide bonds. The molecule has 1 unspecified atom stereocenters. The van der Waals surface area contributed by atoms with Gasteiger partial charge in [0, 0.05) is 7.11 Å². The Bertz CT molecular complexity index is 279. The molecule has 0 aliphatic heterocycles. The molecule has 0 bridgehead atoms. The van der Waals surface area contributed by atoms with Gasteiger partial charge < -0.3 is 15.2 Å². The van der Waals surface area contributed by atoms with E-state index in [4.69, 9.17) is 5.11 Å². The maximum Gasteiger partial charge on any atom is 0.397 e. The molecule has 1 atom stereocenters. The zero-order valence-corrected chi connectivity index (χ0v) is 8.72. The maximum atomic E-state index is 11.8. The molecule has 0 saturated carbocycles. The Morgan fingerprint density at radius 3 is 2.19 bits per heavy atom. The fourth-order valence-electron chi connectivity index (χ4n) is 0.974. The second-order valence-electron chi connectivity index (χ2n) is 3.41. The number of rotatable bonds is 5. The van der Waals surface area contributed by atoms with Gasteiger partial charge in [-0.25, -0.2) is 4.79 Å². The molecule has 0 radical (unpaired) electrons. The summed E-state index contributed by atoms with van der Waals surface area (Å²) in [6.45, 7) is 0.638. The SMILES string of the molecule is COCC(C)(NC(=O)CC(F)(F)F)C(=O)O. The quantitative estimate of drug-likeness (QED) is 0.739. The first-order valence-electron chi connectivity index (χ1n) is 4.21. The van der Waals surface area contributed by atoms with Gasteiger partial charge in [-0.1, -0.05) is 0 Å². The van der Waals surface area contributed by atoms with Crippen molar-refractivity contribution in [2.75, 3.05) is 13.7 Å². The first-order chi connectivity index (χ1) is 7.10. The smallest absolute Gasteiger partial charge is 0.397 e. The monoisotopic (exact) mass is 243 g/mol. The van der Waals surface area contributed by atoms with Gasteiger partial charge in [0.05, 0.1) is 6.61 Å². The second-order valence-corrected chi connectivity index (χ2v) is 3.41. The van der Waals surface area contributed by atoms with Crippen LogP contribution in [0.15, 0.2) is 0 Å². The topological polar surface area (TPSA) is 75.6 Å². The van der Waals surface area contributed by atoms with Gasteiger partial charge in [-0.05, 0) is 6.92 Å². The Morgan fingerprint density at radius 2 is 1.88 bits per heavy atom. The predicted octanol–water partition coefficient (Wildman–Crippen LogP) is 0.545. The molecule has 0 saturated heterocycles. The molecule has 0 fully saturated rings. The predicted molar refractivity (Wildman–Crippen MR) is 46.7 cm³/mol. The highest BCUT2D eigenvalue weighted by Gasteiger charge is 2.38. The van der Waals surface area contributed by atoms with Crippen LogP contribution >= 0.6 is 0 Å². The number of carbonyl (C=O) groups excluding carboxylic acids is 1. The summed E-state index contributed by atoms with van der Waals surface area (Å²) in [7, 11) is 1.18. The van der Waals surface area contributed by atoms with Crippen molar-refractivity contribution in [3.05, 3.63) is 0 Å². The Hall–Kier alpha value is -1.31. The van der Waals surface area contributed by atoms with Crippen molar-refractivity contribution in [2.24, 2.45) is 0 Å². The first kappa shape index (κ1) is 14.7. The van der Waals surface area contributed by atoms with E-state index in [1.807, 2.05) is 0 Å². The maximum absolute atomic E-state index is 11.8. The standard InChI is InChI=1S/C8H12F3NO4/c1-7(4-16-2,6(14)15)12-5(13)3-8(9,10)11/h3-4H2,1-2H3,(H,12,13)(H,14,15). The Labute approximate surface area is 89.6 Å². The van der Waals surface area contributed by atoms with Crippen LogP contribution < -0.4 is 5.32 Å². The minimum atomic E-state index is -4.67. The van der Waals surface area contributed by atoms with Crippen LogP contribution in [-0.4, -0.2) is 42.4 Å². The van der Waals surface area contributed by atoms with E-state index in [1.165, 1.54) is 7.11 Å². The van der Waals surface area contributed by atoms with Gasteiger partial charge in [0.2, 0.25) is 5.91 Å². The van der Waals surface area contributed by atoms with Crippen molar-refractivity contribution in [1.29, 1.82) is 0 Å².